The van der Waals surface area contributed by atoms with E-state index in [1.807, 2.05) is 12.1 Å². The van der Waals surface area contributed by atoms with Crippen LogP contribution in [-0.4, -0.2) is 42.8 Å². The van der Waals surface area contributed by atoms with Gasteiger partial charge < -0.3 is 14.6 Å². The van der Waals surface area contributed by atoms with Crippen molar-refractivity contribution in [2.45, 2.75) is 32.2 Å². The Morgan fingerprint density at radius 3 is 2.62 bits per heavy atom. The van der Waals surface area contributed by atoms with Gasteiger partial charge >= 0.3 is 6.03 Å². The molecular weight excluding hydrogens is 332 g/mol. The second kappa shape index (κ2) is 8.71. The van der Waals surface area contributed by atoms with Crippen molar-refractivity contribution in [1.29, 1.82) is 0 Å². The molecule has 7 nitrogen and oxygen atoms in total. The van der Waals surface area contributed by atoms with Gasteiger partial charge in [-0.1, -0.05) is 23.7 Å². The molecule has 26 heavy (non-hydrogen) atoms. The summed E-state index contributed by atoms with van der Waals surface area (Å²) in [7, 11) is 1.66. The Hall–Kier alpha value is -2.54. The highest BCUT2D eigenvalue weighted by atomic mass is 16.5. The molecule has 1 aliphatic heterocycles. The molecule has 1 aromatic carbocycles. The highest BCUT2D eigenvalue weighted by Gasteiger charge is 2.23. The summed E-state index contributed by atoms with van der Waals surface area (Å²) in [5, 5.41) is 9.44. The van der Waals surface area contributed by atoms with Gasteiger partial charge in [0.25, 0.3) is 0 Å². The fourth-order valence-electron chi connectivity index (χ4n) is 3.29. The molecular formula is C19H26N4O3. The minimum Gasteiger partial charge on any atom is -0.497 e. The van der Waals surface area contributed by atoms with Crippen LogP contribution in [0.25, 0.3) is 0 Å². The lowest BCUT2D eigenvalue weighted by molar-refractivity contribution is 0.161. The Balaban J connectivity index is 1.65. The summed E-state index contributed by atoms with van der Waals surface area (Å²) >= 11 is 0. The molecule has 1 aromatic heterocycles. The number of ether oxygens (including phenoxy) is 1. The third kappa shape index (κ3) is 4.76. The van der Waals surface area contributed by atoms with Gasteiger partial charge in [-0.3, -0.25) is 10.2 Å². The number of urea groups is 1. The van der Waals surface area contributed by atoms with Crippen LogP contribution in [0.2, 0.25) is 0 Å². The number of anilines is 1. The average Bonchev–Trinajstić information content (AvgIpc) is 3.08. The molecule has 2 aromatic rings. The second-order valence-corrected chi connectivity index (χ2v) is 6.54. The van der Waals surface area contributed by atoms with Crippen LogP contribution in [-0.2, 0) is 0 Å². The minimum absolute atomic E-state index is 0.131. The van der Waals surface area contributed by atoms with E-state index < -0.39 is 0 Å². The maximum absolute atomic E-state index is 12.2. The van der Waals surface area contributed by atoms with Crippen LogP contribution in [0.4, 0.5) is 10.6 Å². The number of aromatic nitrogens is 1. The van der Waals surface area contributed by atoms with Gasteiger partial charge in [0.2, 0.25) is 0 Å². The van der Waals surface area contributed by atoms with Crippen molar-refractivity contribution in [2.24, 2.45) is 0 Å². The number of rotatable bonds is 6. The standard InChI is InChI=1S/C19H26N4O3/c1-14-12-18(22-26-14)21-19(24)20-13-17(23-10-4-3-5-11-23)15-6-8-16(25-2)9-7-15/h6-9,12,17H,3-5,10-11,13H2,1-2H3,(H2,20,21,22,24). The quantitative estimate of drug-likeness (QED) is 0.828. The molecule has 1 saturated heterocycles. The third-order valence-electron chi connectivity index (χ3n) is 4.66. The fraction of sp³-hybridized carbons (Fsp3) is 0.474. The van der Waals surface area contributed by atoms with Gasteiger partial charge in [-0.2, -0.15) is 0 Å². The number of benzene rings is 1. The van der Waals surface area contributed by atoms with E-state index in [9.17, 15) is 4.79 Å². The van der Waals surface area contributed by atoms with Gasteiger partial charge in [0, 0.05) is 12.6 Å². The number of hydrogen-bond donors (Lipinski definition) is 2. The van der Waals surface area contributed by atoms with Crippen LogP contribution in [0.1, 0.15) is 36.6 Å². The van der Waals surface area contributed by atoms with E-state index >= 15 is 0 Å². The molecule has 2 amide bonds. The van der Waals surface area contributed by atoms with Gasteiger partial charge in [-0.25, -0.2) is 4.79 Å². The predicted octanol–water partition coefficient (Wildman–Crippen LogP) is 3.34. The lowest BCUT2D eigenvalue weighted by Crippen LogP contribution is -2.41. The van der Waals surface area contributed by atoms with Crippen molar-refractivity contribution < 1.29 is 14.1 Å². The van der Waals surface area contributed by atoms with E-state index in [1.165, 1.54) is 24.8 Å². The van der Waals surface area contributed by atoms with E-state index in [1.54, 1.807) is 20.1 Å². The van der Waals surface area contributed by atoms with E-state index in [0.717, 1.165) is 18.8 Å². The molecule has 3 rings (SSSR count). The molecule has 2 N–H and O–H groups in total. The molecule has 7 heteroatoms. The summed E-state index contributed by atoms with van der Waals surface area (Å²) in [5.41, 5.74) is 1.17. The Kier molecular flexibility index (Phi) is 6.12. The Labute approximate surface area is 153 Å². The van der Waals surface area contributed by atoms with Crippen molar-refractivity contribution in [3.8, 4) is 5.75 Å². The lowest BCUT2D eigenvalue weighted by atomic mass is 10.0. The van der Waals surface area contributed by atoms with E-state index in [-0.39, 0.29) is 12.1 Å². The van der Waals surface area contributed by atoms with Crippen molar-refractivity contribution in [3.63, 3.8) is 0 Å². The number of aryl methyl sites for hydroxylation is 1. The normalized spacial score (nSPS) is 16.1. The number of hydrogen-bond acceptors (Lipinski definition) is 5. The molecule has 0 bridgehead atoms. The summed E-state index contributed by atoms with van der Waals surface area (Å²) in [4.78, 5) is 14.6. The average molecular weight is 358 g/mol. The molecule has 1 atom stereocenters. The number of nitrogens with zero attached hydrogens (tertiary/aromatic N) is 2. The number of amides is 2. The number of carbonyl (C=O) groups is 1. The summed E-state index contributed by atoms with van der Waals surface area (Å²) in [6, 6.07) is 9.59. The molecule has 0 aliphatic carbocycles. The number of carbonyl (C=O) groups excluding carboxylic acids is 1. The van der Waals surface area contributed by atoms with Crippen LogP contribution in [0.15, 0.2) is 34.9 Å². The van der Waals surface area contributed by atoms with Crippen LogP contribution < -0.4 is 15.4 Å². The second-order valence-electron chi connectivity index (χ2n) is 6.54. The molecule has 0 spiro atoms. The van der Waals surface area contributed by atoms with Gasteiger partial charge in [-0.15, -0.1) is 0 Å². The first-order valence-electron chi connectivity index (χ1n) is 9.02. The van der Waals surface area contributed by atoms with Crippen molar-refractivity contribution in [1.82, 2.24) is 15.4 Å². The SMILES string of the molecule is COc1ccc(C(CNC(=O)Nc2cc(C)on2)N2CCCCC2)cc1. The monoisotopic (exact) mass is 358 g/mol. The van der Waals surface area contributed by atoms with E-state index in [0.29, 0.717) is 18.1 Å². The Morgan fingerprint density at radius 1 is 1.27 bits per heavy atom. The van der Waals surface area contributed by atoms with Crippen LogP contribution in [0.3, 0.4) is 0 Å². The molecule has 140 valence electrons. The van der Waals surface area contributed by atoms with Crippen molar-refractivity contribution in [3.05, 3.63) is 41.7 Å². The number of nitrogens with one attached hydrogen (secondary N) is 2. The van der Waals surface area contributed by atoms with Crippen molar-refractivity contribution >= 4 is 11.8 Å². The van der Waals surface area contributed by atoms with Gasteiger partial charge in [0.05, 0.1) is 13.2 Å². The Morgan fingerprint density at radius 2 is 2.00 bits per heavy atom. The Bertz CT molecular complexity index is 708. The molecule has 1 unspecified atom stereocenters. The molecule has 1 aliphatic rings. The fourth-order valence-corrected chi connectivity index (χ4v) is 3.29. The number of piperidine rings is 1. The number of likely N-dealkylation sites (tertiary alicyclic amines) is 1. The van der Waals surface area contributed by atoms with Gasteiger partial charge in [0.1, 0.15) is 11.5 Å². The highest BCUT2D eigenvalue weighted by Crippen LogP contribution is 2.25. The van der Waals surface area contributed by atoms with Crippen LogP contribution in [0.5, 0.6) is 5.75 Å². The van der Waals surface area contributed by atoms with Crippen molar-refractivity contribution in [2.75, 3.05) is 32.1 Å². The van der Waals surface area contributed by atoms with Gasteiger partial charge in [0.15, 0.2) is 5.82 Å². The summed E-state index contributed by atoms with van der Waals surface area (Å²) in [5.74, 6) is 1.90. The third-order valence-corrected chi connectivity index (χ3v) is 4.66. The minimum atomic E-state index is -0.283. The molecule has 0 radical (unpaired) electrons. The highest BCUT2D eigenvalue weighted by molar-refractivity contribution is 5.88. The van der Waals surface area contributed by atoms with E-state index in [4.69, 9.17) is 9.26 Å². The van der Waals surface area contributed by atoms with Crippen LogP contribution in [0, 0.1) is 6.92 Å². The summed E-state index contributed by atoms with van der Waals surface area (Å²) in [6.45, 7) is 4.39. The van der Waals surface area contributed by atoms with E-state index in [2.05, 4.69) is 32.8 Å². The zero-order valence-electron chi connectivity index (χ0n) is 15.3. The first-order valence-corrected chi connectivity index (χ1v) is 9.02. The predicted molar refractivity (Wildman–Crippen MR) is 99.4 cm³/mol. The largest absolute Gasteiger partial charge is 0.497 e. The topological polar surface area (TPSA) is 79.6 Å². The molecule has 2 heterocycles. The smallest absolute Gasteiger partial charge is 0.320 e. The van der Waals surface area contributed by atoms with Crippen LogP contribution >= 0.6 is 0 Å². The first kappa shape index (κ1) is 18.3. The zero-order valence-corrected chi connectivity index (χ0v) is 15.3. The van der Waals surface area contributed by atoms with Gasteiger partial charge in [-0.05, 0) is 50.6 Å². The maximum atomic E-state index is 12.2. The summed E-state index contributed by atoms with van der Waals surface area (Å²) in [6.07, 6.45) is 3.65. The molecule has 1 fully saturated rings. The summed E-state index contributed by atoms with van der Waals surface area (Å²) < 4.78 is 10.2. The first-order chi connectivity index (χ1) is 12.7. The number of methoxy groups -OCH3 is 1. The molecule has 0 saturated carbocycles. The lowest BCUT2D eigenvalue weighted by Gasteiger charge is -2.35. The zero-order chi connectivity index (χ0) is 18.4. The maximum Gasteiger partial charge on any atom is 0.320 e.